The summed E-state index contributed by atoms with van der Waals surface area (Å²) in [6, 6.07) is 6.08. The van der Waals surface area contributed by atoms with Crippen molar-refractivity contribution in [2.45, 2.75) is 6.54 Å². The fraction of sp³-hybridized carbons (Fsp3) is 0.0833. The second-order valence-corrected chi connectivity index (χ2v) is 4.37. The van der Waals surface area contributed by atoms with Gasteiger partial charge in [-0.25, -0.2) is 9.37 Å². The number of aromatic nitrogens is 1. The highest BCUT2D eigenvalue weighted by Gasteiger charge is 2.11. The van der Waals surface area contributed by atoms with Crippen molar-refractivity contribution in [1.82, 2.24) is 4.98 Å². The largest absolute Gasteiger partial charge is 0.436 e. The van der Waals surface area contributed by atoms with Gasteiger partial charge in [-0.15, -0.1) is 0 Å². The molecule has 0 radical (unpaired) electrons. The summed E-state index contributed by atoms with van der Waals surface area (Å²) in [6.07, 6.45) is 1.42. The van der Waals surface area contributed by atoms with Crippen LogP contribution in [0.5, 0.6) is 11.6 Å². The number of hydrogen-bond donors (Lipinski definition) is 1. The molecule has 1 heterocycles. The van der Waals surface area contributed by atoms with Crippen molar-refractivity contribution in [3.63, 3.8) is 0 Å². The molecular formula is C12H9Cl2FN2O. The van der Waals surface area contributed by atoms with Gasteiger partial charge in [0, 0.05) is 28.4 Å². The first kappa shape index (κ1) is 13.1. The molecule has 0 saturated heterocycles. The van der Waals surface area contributed by atoms with Crippen molar-refractivity contribution in [2.24, 2.45) is 5.73 Å². The summed E-state index contributed by atoms with van der Waals surface area (Å²) in [5.74, 6) is -0.430. The Hall–Kier alpha value is -1.36. The van der Waals surface area contributed by atoms with Crippen LogP contribution in [0.15, 0.2) is 30.5 Å². The minimum Gasteiger partial charge on any atom is -0.436 e. The standard InChI is InChI=1S/C12H9Cl2FN2O/c13-8-3-9(14)5-10(4-8)18-12-11(15)7(6-16)1-2-17-12/h1-5H,6,16H2. The lowest BCUT2D eigenvalue weighted by Gasteiger charge is -2.08. The van der Waals surface area contributed by atoms with Gasteiger partial charge in [0.2, 0.25) is 0 Å². The highest BCUT2D eigenvalue weighted by atomic mass is 35.5. The Kier molecular flexibility index (Phi) is 4.01. The lowest BCUT2D eigenvalue weighted by molar-refractivity contribution is 0.419. The maximum absolute atomic E-state index is 13.8. The van der Waals surface area contributed by atoms with Crippen molar-refractivity contribution >= 4 is 23.2 Å². The number of ether oxygens (including phenoxy) is 1. The van der Waals surface area contributed by atoms with Crippen molar-refractivity contribution in [3.8, 4) is 11.6 Å². The van der Waals surface area contributed by atoms with E-state index in [0.717, 1.165) is 0 Å². The van der Waals surface area contributed by atoms with E-state index >= 15 is 0 Å². The zero-order valence-corrected chi connectivity index (χ0v) is 10.7. The van der Waals surface area contributed by atoms with Crippen molar-refractivity contribution in [1.29, 1.82) is 0 Å². The van der Waals surface area contributed by atoms with E-state index in [0.29, 0.717) is 21.4 Å². The van der Waals surface area contributed by atoms with Gasteiger partial charge < -0.3 is 10.5 Å². The van der Waals surface area contributed by atoms with E-state index in [1.807, 2.05) is 0 Å². The van der Waals surface area contributed by atoms with Crippen LogP contribution in [0, 0.1) is 5.82 Å². The van der Waals surface area contributed by atoms with Crippen LogP contribution in [-0.4, -0.2) is 4.98 Å². The second kappa shape index (κ2) is 5.52. The quantitative estimate of drug-likeness (QED) is 0.934. The molecule has 1 aromatic heterocycles. The number of rotatable bonds is 3. The first-order chi connectivity index (χ1) is 8.60. The van der Waals surface area contributed by atoms with Gasteiger partial charge in [-0.2, -0.15) is 0 Å². The maximum atomic E-state index is 13.8. The fourth-order valence-corrected chi connectivity index (χ4v) is 1.90. The van der Waals surface area contributed by atoms with Gasteiger partial charge >= 0.3 is 0 Å². The molecule has 2 aromatic rings. The van der Waals surface area contributed by atoms with Gasteiger partial charge in [-0.3, -0.25) is 0 Å². The molecule has 0 aliphatic heterocycles. The molecule has 1 aromatic carbocycles. The summed E-state index contributed by atoms with van der Waals surface area (Å²) in [4.78, 5) is 3.80. The molecule has 0 atom stereocenters. The van der Waals surface area contributed by atoms with Crippen molar-refractivity contribution < 1.29 is 9.13 Å². The topological polar surface area (TPSA) is 48.1 Å². The van der Waals surface area contributed by atoms with Crippen LogP contribution in [-0.2, 0) is 6.54 Å². The third kappa shape index (κ3) is 2.90. The van der Waals surface area contributed by atoms with E-state index in [4.69, 9.17) is 33.7 Å². The zero-order chi connectivity index (χ0) is 13.1. The molecule has 0 bridgehead atoms. The number of halogens is 3. The highest BCUT2D eigenvalue weighted by molar-refractivity contribution is 6.34. The number of benzene rings is 1. The van der Waals surface area contributed by atoms with Crippen LogP contribution in [0.2, 0.25) is 10.0 Å². The fourth-order valence-electron chi connectivity index (χ4n) is 1.39. The normalized spacial score (nSPS) is 10.4. The predicted octanol–water partition coefficient (Wildman–Crippen LogP) is 3.78. The average Bonchev–Trinajstić information content (AvgIpc) is 2.30. The van der Waals surface area contributed by atoms with Crippen LogP contribution in [0.1, 0.15) is 5.56 Å². The summed E-state index contributed by atoms with van der Waals surface area (Å²) in [5, 5.41) is 0.792. The first-order valence-electron chi connectivity index (χ1n) is 5.07. The molecular weight excluding hydrogens is 278 g/mol. The zero-order valence-electron chi connectivity index (χ0n) is 9.16. The van der Waals surface area contributed by atoms with Crippen LogP contribution in [0.4, 0.5) is 4.39 Å². The Balaban J connectivity index is 2.34. The van der Waals surface area contributed by atoms with Crippen molar-refractivity contribution in [2.75, 3.05) is 0 Å². The SMILES string of the molecule is NCc1ccnc(Oc2cc(Cl)cc(Cl)c2)c1F. The number of hydrogen-bond acceptors (Lipinski definition) is 3. The minimum atomic E-state index is -0.587. The van der Waals surface area contributed by atoms with Gasteiger partial charge in [0.15, 0.2) is 5.82 Å². The maximum Gasteiger partial charge on any atom is 0.256 e. The molecule has 0 spiro atoms. The summed E-state index contributed by atoms with van der Waals surface area (Å²) in [5.41, 5.74) is 5.72. The molecule has 2 N–H and O–H groups in total. The predicted molar refractivity (Wildman–Crippen MR) is 68.6 cm³/mol. The molecule has 18 heavy (non-hydrogen) atoms. The Morgan fingerprint density at radius 3 is 2.50 bits per heavy atom. The summed E-state index contributed by atoms with van der Waals surface area (Å²) >= 11 is 11.6. The van der Waals surface area contributed by atoms with Gasteiger partial charge in [-0.1, -0.05) is 23.2 Å². The molecule has 0 amide bonds. The Morgan fingerprint density at radius 2 is 1.89 bits per heavy atom. The molecule has 0 aliphatic carbocycles. The summed E-state index contributed by atoms with van der Waals surface area (Å²) in [7, 11) is 0. The van der Waals surface area contributed by atoms with Crippen LogP contribution in [0.25, 0.3) is 0 Å². The van der Waals surface area contributed by atoms with E-state index in [2.05, 4.69) is 4.98 Å². The second-order valence-electron chi connectivity index (χ2n) is 3.50. The lowest BCUT2D eigenvalue weighted by atomic mass is 10.2. The average molecular weight is 287 g/mol. The Morgan fingerprint density at radius 1 is 1.22 bits per heavy atom. The summed E-state index contributed by atoms with van der Waals surface area (Å²) < 4.78 is 19.1. The van der Waals surface area contributed by atoms with E-state index in [-0.39, 0.29) is 12.4 Å². The molecule has 0 saturated carbocycles. The molecule has 3 nitrogen and oxygen atoms in total. The van der Waals surface area contributed by atoms with Gasteiger partial charge in [0.1, 0.15) is 5.75 Å². The van der Waals surface area contributed by atoms with Crippen LogP contribution >= 0.6 is 23.2 Å². The Labute approximate surface area is 113 Å². The monoisotopic (exact) mass is 286 g/mol. The molecule has 94 valence electrons. The van der Waals surface area contributed by atoms with E-state index < -0.39 is 5.82 Å². The van der Waals surface area contributed by atoms with E-state index in [1.54, 1.807) is 6.07 Å². The third-order valence-corrected chi connectivity index (χ3v) is 2.64. The minimum absolute atomic E-state index is 0.0705. The number of nitrogens with zero attached hydrogens (tertiary/aromatic N) is 1. The highest BCUT2D eigenvalue weighted by Crippen LogP contribution is 2.29. The molecule has 2 rings (SSSR count). The van der Waals surface area contributed by atoms with Gasteiger partial charge in [0.25, 0.3) is 5.88 Å². The third-order valence-electron chi connectivity index (χ3n) is 2.21. The summed E-state index contributed by atoms with van der Waals surface area (Å²) in [6.45, 7) is 0.0705. The number of pyridine rings is 1. The molecule has 0 aliphatic rings. The Bertz CT molecular complexity index is 558. The molecule has 0 fully saturated rings. The molecule has 0 unspecified atom stereocenters. The van der Waals surface area contributed by atoms with Crippen LogP contribution < -0.4 is 10.5 Å². The van der Waals surface area contributed by atoms with Gasteiger partial charge in [0.05, 0.1) is 0 Å². The lowest BCUT2D eigenvalue weighted by Crippen LogP contribution is -2.02. The first-order valence-corrected chi connectivity index (χ1v) is 5.83. The van der Waals surface area contributed by atoms with E-state index in [9.17, 15) is 4.39 Å². The smallest absolute Gasteiger partial charge is 0.256 e. The number of nitrogens with two attached hydrogens (primary N) is 1. The van der Waals surface area contributed by atoms with Crippen molar-refractivity contribution in [3.05, 3.63) is 51.9 Å². The van der Waals surface area contributed by atoms with Crippen LogP contribution in [0.3, 0.4) is 0 Å². The molecule has 6 heteroatoms. The van der Waals surface area contributed by atoms with Gasteiger partial charge in [-0.05, 0) is 24.3 Å². The van der Waals surface area contributed by atoms with E-state index in [1.165, 1.54) is 24.4 Å².